The van der Waals surface area contributed by atoms with Crippen LogP contribution in [0.5, 0.6) is 0 Å². The second-order valence-electron chi connectivity index (χ2n) is 5.50. The van der Waals surface area contributed by atoms with Crippen LogP contribution in [0.1, 0.15) is 43.7 Å². The van der Waals surface area contributed by atoms with Gasteiger partial charge in [0.25, 0.3) is 0 Å². The first-order valence-electron chi connectivity index (χ1n) is 7.26. The summed E-state index contributed by atoms with van der Waals surface area (Å²) in [4.78, 5) is 4.35. The normalized spacial score (nSPS) is 26.3. The van der Waals surface area contributed by atoms with E-state index in [1.165, 1.54) is 37.8 Å². The molecule has 4 nitrogen and oxygen atoms in total. The molecule has 1 saturated carbocycles. The summed E-state index contributed by atoms with van der Waals surface area (Å²) in [6.45, 7) is 3.72. The van der Waals surface area contributed by atoms with E-state index in [2.05, 4.69) is 21.1 Å². The fourth-order valence-corrected chi connectivity index (χ4v) is 3.18. The third-order valence-electron chi connectivity index (χ3n) is 4.17. The molecule has 1 aliphatic heterocycles. The number of nitrogens with zero attached hydrogens (tertiary/aromatic N) is 2. The largest absolute Gasteiger partial charge is 0.374 e. The van der Waals surface area contributed by atoms with Crippen molar-refractivity contribution < 1.29 is 4.74 Å². The van der Waals surface area contributed by atoms with Crippen molar-refractivity contribution in [3.05, 3.63) is 18.2 Å². The monoisotopic (exact) mass is 249 g/mol. The van der Waals surface area contributed by atoms with Gasteiger partial charge in [0.1, 0.15) is 0 Å². The molecule has 4 heteroatoms. The average molecular weight is 249 g/mol. The van der Waals surface area contributed by atoms with Gasteiger partial charge in [0.15, 0.2) is 0 Å². The van der Waals surface area contributed by atoms with E-state index in [0.29, 0.717) is 6.10 Å². The molecule has 0 spiro atoms. The van der Waals surface area contributed by atoms with E-state index in [1.807, 2.05) is 6.33 Å². The minimum absolute atomic E-state index is 0.301. The van der Waals surface area contributed by atoms with Gasteiger partial charge in [0.2, 0.25) is 0 Å². The van der Waals surface area contributed by atoms with Crippen LogP contribution in [-0.2, 0) is 11.3 Å². The number of nitrogens with one attached hydrogen (secondary N) is 1. The van der Waals surface area contributed by atoms with Gasteiger partial charge in [-0.1, -0.05) is 19.3 Å². The molecule has 0 aromatic carbocycles. The van der Waals surface area contributed by atoms with Crippen LogP contribution in [-0.4, -0.2) is 35.4 Å². The van der Waals surface area contributed by atoms with Crippen molar-refractivity contribution in [3.8, 4) is 0 Å². The van der Waals surface area contributed by atoms with Gasteiger partial charge < -0.3 is 14.6 Å². The predicted molar refractivity (Wildman–Crippen MR) is 70.7 cm³/mol. The maximum atomic E-state index is 5.78. The molecule has 1 unspecified atom stereocenters. The highest BCUT2D eigenvalue weighted by molar-refractivity contribution is 5.07. The first-order chi connectivity index (χ1) is 8.93. The van der Waals surface area contributed by atoms with Crippen LogP contribution in [0.25, 0.3) is 0 Å². The molecule has 2 aliphatic rings. The summed E-state index contributed by atoms with van der Waals surface area (Å²) in [5, 5.41) is 3.39. The van der Waals surface area contributed by atoms with Crippen molar-refractivity contribution in [3.63, 3.8) is 0 Å². The molecule has 3 rings (SSSR count). The number of rotatable bonds is 3. The summed E-state index contributed by atoms with van der Waals surface area (Å²) in [6, 6.07) is 0. The van der Waals surface area contributed by atoms with E-state index in [9.17, 15) is 0 Å². The zero-order valence-corrected chi connectivity index (χ0v) is 11.0. The van der Waals surface area contributed by atoms with E-state index >= 15 is 0 Å². The van der Waals surface area contributed by atoms with Crippen molar-refractivity contribution in [2.75, 3.05) is 19.7 Å². The summed E-state index contributed by atoms with van der Waals surface area (Å²) >= 11 is 0. The minimum Gasteiger partial charge on any atom is -0.374 e. The summed E-state index contributed by atoms with van der Waals surface area (Å²) in [5.74, 6) is 0.720. The highest BCUT2D eigenvalue weighted by atomic mass is 16.5. The van der Waals surface area contributed by atoms with Crippen LogP contribution >= 0.6 is 0 Å². The fraction of sp³-hybridized carbons (Fsp3) is 0.786. The number of hydrogen-bond donors (Lipinski definition) is 1. The second kappa shape index (κ2) is 5.85. The van der Waals surface area contributed by atoms with Gasteiger partial charge in [-0.15, -0.1) is 0 Å². The van der Waals surface area contributed by atoms with Crippen molar-refractivity contribution in [2.45, 2.75) is 50.7 Å². The number of aromatic nitrogens is 2. The van der Waals surface area contributed by atoms with Gasteiger partial charge in [0.05, 0.1) is 25.6 Å². The average Bonchev–Trinajstić information content (AvgIpc) is 2.89. The second-order valence-corrected chi connectivity index (χ2v) is 5.50. The maximum absolute atomic E-state index is 5.78. The van der Waals surface area contributed by atoms with E-state index < -0.39 is 0 Å². The fourth-order valence-electron chi connectivity index (χ4n) is 3.18. The first-order valence-corrected chi connectivity index (χ1v) is 7.26. The minimum atomic E-state index is 0.301. The van der Waals surface area contributed by atoms with Crippen LogP contribution in [0.3, 0.4) is 0 Å². The van der Waals surface area contributed by atoms with Crippen LogP contribution in [0.15, 0.2) is 12.5 Å². The Morgan fingerprint density at radius 1 is 1.33 bits per heavy atom. The molecule has 0 amide bonds. The first kappa shape index (κ1) is 12.2. The highest BCUT2D eigenvalue weighted by Crippen LogP contribution is 2.32. The van der Waals surface area contributed by atoms with Crippen molar-refractivity contribution >= 4 is 0 Å². The van der Waals surface area contributed by atoms with E-state index in [1.54, 1.807) is 0 Å². The Labute approximate surface area is 109 Å². The standard InChI is InChI=1S/C14H23N3O/c1-2-4-12(5-3-1)14-9-16-11-17(14)10-13-8-15-6-7-18-13/h9,11-13,15H,1-8,10H2. The lowest BCUT2D eigenvalue weighted by atomic mass is 9.87. The van der Waals surface area contributed by atoms with E-state index in [-0.39, 0.29) is 0 Å². The lowest BCUT2D eigenvalue weighted by Crippen LogP contribution is -2.40. The third kappa shape index (κ3) is 2.75. The van der Waals surface area contributed by atoms with Gasteiger partial charge in [-0.25, -0.2) is 4.98 Å². The van der Waals surface area contributed by atoms with Crippen LogP contribution in [0.2, 0.25) is 0 Å². The van der Waals surface area contributed by atoms with E-state index in [4.69, 9.17) is 4.74 Å². The molecular weight excluding hydrogens is 226 g/mol. The van der Waals surface area contributed by atoms with Gasteiger partial charge in [-0.2, -0.15) is 0 Å². The quantitative estimate of drug-likeness (QED) is 0.889. The summed E-state index contributed by atoms with van der Waals surface area (Å²) in [5.41, 5.74) is 1.42. The highest BCUT2D eigenvalue weighted by Gasteiger charge is 2.21. The van der Waals surface area contributed by atoms with Gasteiger partial charge in [-0.3, -0.25) is 0 Å². The summed E-state index contributed by atoms with van der Waals surface area (Å²) in [7, 11) is 0. The van der Waals surface area contributed by atoms with Gasteiger partial charge >= 0.3 is 0 Å². The van der Waals surface area contributed by atoms with Crippen LogP contribution in [0, 0.1) is 0 Å². The smallest absolute Gasteiger partial charge is 0.0949 e. The molecule has 1 aromatic rings. The van der Waals surface area contributed by atoms with Crippen molar-refractivity contribution in [1.29, 1.82) is 0 Å². The Bertz CT molecular complexity index is 365. The molecule has 18 heavy (non-hydrogen) atoms. The maximum Gasteiger partial charge on any atom is 0.0949 e. The van der Waals surface area contributed by atoms with Gasteiger partial charge in [0, 0.05) is 30.9 Å². The molecule has 1 atom stereocenters. The SMILES string of the molecule is c1ncn(CC2CNCCO2)c1C1CCCCC1. The lowest BCUT2D eigenvalue weighted by Gasteiger charge is -2.27. The zero-order valence-electron chi connectivity index (χ0n) is 11.0. The third-order valence-corrected chi connectivity index (χ3v) is 4.17. The Hall–Kier alpha value is -0.870. The predicted octanol–water partition coefficient (Wildman–Crippen LogP) is 1.92. The molecule has 2 fully saturated rings. The number of imidazole rings is 1. The Kier molecular flexibility index (Phi) is 3.96. The Morgan fingerprint density at radius 3 is 3.00 bits per heavy atom. The van der Waals surface area contributed by atoms with Crippen molar-refractivity contribution in [1.82, 2.24) is 14.9 Å². The molecule has 100 valence electrons. The molecule has 1 N–H and O–H groups in total. The number of hydrogen-bond acceptors (Lipinski definition) is 3. The molecule has 2 heterocycles. The lowest BCUT2D eigenvalue weighted by molar-refractivity contribution is 0.0175. The topological polar surface area (TPSA) is 39.1 Å². The zero-order chi connectivity index (χ0) is 12.2. The van der Waals surface area contributed by atoms with Gasteiger partial charge in [-0.05, 0) is 12.8 Å². The Balaban J connectivity index is 1.66. The molecule has 1 aliphatic carbocycles. The van der Waals surface area contributed by atoms with Crippen molar-refractivity contribution in [2.24, 2.45) is 0 Å². The summed E-state index contributed by atoms with van der Waals surface area (Å²) in [6.07, 6.45) is 11.1. The van der Waals surface area contributed by atoms with Crippen LogP contribution < -0.4 is 5.32 Å². The van der Waals surface area contributed by atoms with Crippen LogP contribution in [0.4, 0.5) is 0 Å². The Morgan fingerprint density at radius 2 is 2.22 bits per heavy atom. The molecular formula is C14H23N3O. The summed E-state index contributed by atoms with van der Waals surface area (Å²) < 4.78 is 8.10. The molecule has 0 bridgehead atoms. The number of ether oxygens (including phenoxy) is 1. The molecule has 0 radical (unpaired) electrons. The number of morpholine rings is 1. The molecule has 1 aromatic heterocycles. The van der Waals surface area contributed by atoms with E-state index in [0.717, 1.165) is 32.2 Å². The molecule has 1 saturated heterocycles.